The first kappa shape index (κ1) is 15.6. The molecular weight excluding hydrogens is 271 g/mol. The quantitative estimate of drug-likeness (QED) is 0.810. The van der Waals surface area contributed by atoms with Crippen LogP contribution in [0.3, 0.4) is 0 Å². The number of anilines is 1. The standard InChI is InChI=1S/C11H13F5N2O/c12-8-3-7(5-17)4-9(13)10(8)18(1-2-19)6-11(14,15)16/h3-4,19H,1-2,5-6,17H2. The first-order chi connectivity index (χ1) is 8.78. The van der Waals surface area contributed by atoms with Crippen molar-refractivity contribution < 1.29 is 27.1 Å². The summed E-state index contributed by atoms with van der Waals surface area (Å²) in [5.74, 6) is -2.28. The molecule has 0 aliphatic rings. The zero-order chi connectivity index (χ0) is 14.6. The normalized spacial score (nSPS) is 11.7. The van der Waals surface area contributed by atoms with Gasteiger partial charge in [0.15, 0.2) is 0 Å². The summed E-state index contributed by atoms with van der Waals surface area (Å²) in [6.07, 6.45) is -4.64. The van der Waals surface area contributed by atoms with Gasteiger partial charge < -0.3 is 15.7 Å². The number of nitrogens with two attached hydrogens (primary N) is 1. The van der Waals surface area contributed by atoms with Crippen molar-refractivity contribution in [3.63, 3.8) is 0 Å². The van der Waals surface area contributed by atoms with Crippen LogP contribution in [0.2, 0.25) is 0 Å². The Morgan fingerprint density at radius 3 is 2.05 bits per heavy atom. The smallest absolute Gasteiger partial charge is 0.395 e. The molecule has 19 heavy (non-hydrogen) atoms. The predicted molar refractivity (Wildman–Crippen MR) is 59.6 cm³/mol. The second kappa shape index (κ2) is 6.16. The molecule has 0 fully saturated rings. The highest BCUT2D eigenvalue weighted by molar-refractivity contribution is 5.51. The van der Waals surface area contributed by atoms with Gasteiger partial charge in [0.2, 0.25) is 0 Å². The average Bonchev–Trinajstić information content (AvgIpc) is 2.26. The lowest BCUT2D eigenvalue weighted by Gasteiger charge is -2.26. The summed E-state index contributed by atoms with van der Waals surface area (Å²) < 4.78 is 64.3. The number of alkyl halides is 3. The monoisotopic (exact) mass is 284 g/mol. The molecule has 0 atom stereocenters. The van der Waals surface area contributed by atoms with E-state index in [4.69, 9.17) is 10.8 Å². The second-order valence-electron chi connectivity index (χ2n) is 3.87. The van der Waals surface area contributed by atoms with Gasteiger partial charge in [0.05, 0.1) is 6.61 Å². The maximum Gasteiger partial charge on any atom is 0.405 e. The third-order valence-electron chi connectivity index (χ3n) is 2.37. The minimum Gasteiger partial charge on any atom is -0.395 e. The Bertz CT molecular complexity index is 413. The molecule has 1 aromatic carbocycles. The van der Waals surface area contributed by atoms with Gasteiger partial charge >= 0.3 is 6.18 Å². The van der Waals surface area contributed by atoms with Gasteiger partial charge in [-0.25, -0.2) is 8.78 Å². The maximum atomic E-state index is 13.7. The average molecular weight is 284 g/mol. The summed E-state index contributed by atoms with van der Waals surface area (Å²) in [5, 5.41) is 8.70. The minimum atomic E-state index is -4.64. The molecule has 1 rings (SSSR count). The van der Waals surface area contributed by atoms with E-state index in [0.717, 1.165) is 12.1 Å². The minimum absolute atomic E-state index is 0.132. The van der Waals surface area contributed by atoms with E-state index in [-0.39, 0.29) is 12.1 Å². The van der Waals surface area contributed by atoms with Crippen LogP contribution in [0.25, 0.3) is 0 Å². The summed E-state index contributed by atoms with van der Waals surface area (Å²) in [6.45, 7) is -2.88. The van der Waals surface area contributed by atoms with Gasteiger partial charge in [0.1, 0.15) is 23.9 Å². The molecule has 0 bridgehead atoms. The van der Waals surface area contributed by atoms with Crippen LogP contribution in [0.15, 0.2) is 12.1 Å². The molecule has 0 saturated carbocycles. The molecular formula is C11H13F5N2O. The Morgan fingerprint density at radius 2 is 1.68 bits per heavy atom. The van der Waals surface area contributed by atoms with Crippen molar-refractivity contribution in [2.75, 3.05) is 24.6 Å². The third kappa shape index (κ3) is 4.32. The number of hydrogen-bond acceptors (Lipinski definition) is 3. The van der Waals surface area contributed by atoms with Crippen molar-refractivity contribution in [2.45, 2.75) is 12.7 Å². The third-order valence-corrected chi connectivity index (χ3v) is 2.37. The molecule has 1 aromatic rings. The van der Waals surface area contributed by atoms with E-state index < -0.39 is 43.2 Å². The lowest BCUT2D eigenvalue weighted by Crippen LogP contribution is -2.37. The summed E-state index contributed by atoms with van der Waals surface area (Å²) in [7, 11) is 0. The van der Waals surface area contributed by atoms with Crippen LogP contribution in [0.5, 0.6) is 0 Å². The Morgan fingerprint density at radius 1 is 1.16 bits per heavy atom. The Hall–Kier alpha value is -1.41. The van der Waals surface area contributed by atoms with E-state index >= 15 is 0 Å². The molecule has 3 N–H and O–H groups in total. The zero-order valence-electron chi connectivity index (χ0n) is 9.84. The van der Waals surface area contributed by atoms with Gasteiger partial charge in [-0.05, 0) is 17.7 Å². The number of nitrogens with zero attached hydrogens (tertiary/aromatic N) is 1. The number of rotatable bonds is 5. The van der Waals surface area contributed by atoms with Gasteiger partial charge in [0.25, 0.3) is 0 Å². The number of aliphatic hydroxyl groups excluding tert-OH is 1. The van der Waals surface area contributed by atoms with E-state index in [2.05, 4.69) is 0 Å². The number of hydrogen-bond donors (Lipinski definition) is 2. The molecule has 8 heteroatoms. The topological polar surface area (TPSA) is 49.5 Å². The van der Waals surface area contributed by atoms with E-state index in [1.54, 1.807) is 0 Å². The fourth-order valence-corrected chi connectivity index (χ4v) is 1.64. The fourth-order valence-electron chi connectivity index (χ4n) is 1.64. The van der Waals surface area contributed by atoms with Crippen LogP contribution in [0.1, 0.15) is 5.56 Å². The molecule has 0 spiro atoms. The predicted octanol–water partition coefficient (Wildman–Crippen LogP) is 1.78. The SMILES string of the molecule is NCc1cc(F)c(N(CCO)CC(F)(F)F)c(F)c1. The van der Waals surface area contributed by atoms with Crippen LogP contribution < -0.4 is 10.6 Å². The molecule has 0 aliphatic heterocycles. The van der Waals surface area contributed by atoms with Gasteiger partial charge in [-0.3, -0.25) is 0 Å². The van der Waals surface area contributed by atoms with E-state index in [0.29, 0.717) is 4.90 Å². The molecule has 0 unspecified atom stereocenters. The van der Waals surface area contributed by atoms with Gasteiger partial charge in [0, 0.05) is 13.1 Å². The molecule has 0 radical (unpaired) electrons. The van der Waals surface area contributed by atoms with Crippen molar-refractivity contribution in [3.8, 4) is 0 Å². The molecule has 0 aliphatic carbocycles. The maximum absolute atomic E-state index is 13.7. The Balaban J connectivity index is 3.15. The van der Waals surface area contributed by atoms with Gasteiger partial charge in [-0.1, -0.05) is 0 Å². The van der Waals surface area contributed by atoms with Gasteiger partial charge in [-0.15, -0.1) is 0 Å². The summed E-state index contributed by atoms with van der Waals surface area (Å²) in [6, 6.07) is 1.75. The first-order valence-corrected chi connectivity index (χ1v) is 5.39. The second-order valence-corrected chi connectivity index (χ2v) is 3.87. The Labute approximate surface area is 106 Å². The fraction of sp³-hybridized carbons (Fsp3) is 0.455. The number of aliphatic hydroxyl groups is 1. The highest BCUT2D eigenvalue weighted by Gasteiger charge is 2.32. The van der Waals surface area contributed by atoms with Gasteiger partial charge in [-0.2, -0.15) is 13.2 Å². The first-order valence-electron chi connectivity index (χ1n) is 5.39. The highest BCUT2D eigenvalue weighted by atomic mass is 19.4. The molecule has 108 valence electrons. The largest absolute Gasteiger partial charge is 0.405 e. The molecule has 3 nitrogen and oxygen atoms in total. The van der Waals surface area contributed by atoms with Crippen LogP contribution in [0, 0.1) is 11.6 Å². The molecule has 0 heterocycles. The lowest BCUT2D eigenvalue weighted by molar-refractivity contribution is -0.120. The van der Waals surface area contributed by atoms with E-state index in [1.165, 1.54) is 0 Å². The highest BCUT2D eigenvalue weighted by Crippen LogP contribution is 2.28. The summed E-state index contributed by atoms with van der Waals surface area (Å²) >= 11 is 0. The van der Waals surface area contributed by atoms with Crippen LogP contribution >= 0.6 is 0 Å². The number of halogens is 5. The zero-order valence-corrected chi connectivity index (χ0v) is 9.84. The van der Waals surface area contributed by atoms with E-state index in [1.807, 2.05) is 0 Å². The van der Waals surface area contributed by atoms with Crippen molar-refractivity contribution in [1.82, 2.24) is 0 Å². The molecule has 0 saturated heterocycles. The lowest BCUT2D eigenvalue weighted by atomic mass is 10.1. The Kier molecular flexibility index (Phi) is 5.07. The summed E-state index contributed by atoms with van der Waals surface area (Å²) in [5.41, 5.74) is 4.53. The molecule has 0 aromatic heterocycles. The van der Waals surface area contributed by atoms with Crippen LogP contribution in [-0.4, -0.2) is 31.0 Å². The van der Waals surface area contributed by atoms with Crippen molar-refractivity contribution in [1.29, 1.82) is 0 Å². The molecule has 0 amide bonds. The number of benzene rings is 1. The summed E-state index contributed by atoms with van der Waals surface area (Å²) in [4.78, 5) is 0.408. The van der Waals surface area contributed by atoms with Crippen molar-refractivity contribution >= 4 is 5.69 Å². The van der Waals surface area contributed by atoms with Crippen molar-refractivity contribution in [3.05, 3.63) is 29.3 Å². The van der Waals surface area contributed by atoms with Crippen LogP contribution in [-0.2, 0) is 6.54 Å². The van der Waals surface area contributed by atoms with Crippen molar-refractivity contribution in [2.24, 2.45) is 5.73 Å². The van der Waals surface area contributed by atoms with E-state index in [9.17, 15) is 22.0 Å². The van der Waals surface area contributed by atoms with Crippen LogP contribution in [0.4, 0.5) is 27.6 Å².